The number of hydrogen-bond acceptors (Lipinski definition) is 4. The third kappa shape index (κ3) is 3.29. The number of carbonyl (C=O) groups is 2. The van der Waals surface area contributed by atoms with Crippen molar-refractivity contribution in [1.29, 1.82) is 0 Å². The van der Waals surface area contributed by atoms with E-state index in [-0.39, 0.29) is 17.7 Å². The maximum Gasteiger partial charge on any atom is 0.258 e. The summed E-state index contributed by atoms with van der Waals surface area (Å²) in [5.74, 6) is -0.391. The first-order chi connectivity index (χ1) is 12.1. The molecule has 0 bridgehead atoms. The average Bonchev–Trinajstić information content (AvgIpc) is 3.08. The maximum absolute atomic E-state index is 12.9. The SMILES string of the molecule is O=C(Nc1ccc(Cl)cc1)c1c(NC(=O)C2COC2)sc2c1CCC2. The molecule has 1 saturated heterocycles. The lowest BCUT2D eigenvalue weighted by Crippen LogP contribution is -2.38. The molecule has 2 aliphatic rings. The highest BCUT2D eigenvalue weighted by Gasteiger charge is 2.31. The minimum Gasteiger partial charge on any atom is -0.380 e. The number of benzene rings is 1. The van der Waals surface area contributed by atoms with E-state index in [0.29, 0.717) is 34.5 Å². The first-order valence-corrected chi connectivity index (χ1v) is 9.41. The normalized spacial score (nSPS) is 16.2. The molecule has 0 atom stereocenters. The largest absolute Gasteiger partial charge is 0.380 e. The number of amides is 2. The quantitative estimate of drug-likeness (QED) is 0.854. The molecule has 1 aromatic heterocycles. The second kappa shape index (κ2) is 6.78. The molecule has 2 heterocycles. The second-order valence-corrected chi connectivity index (χ2v) is 7.79. The number of ether oxygens (including phenoxy) is 1. The number of nitrogens with one attached hydrogen (secondary N) is 2. The smallest absolute Gasteiger partial charge is 0.258 e. The lowest BCUT2D eigenvalue weighted by molar-refractivity contribution is -0.133. The van der Waals surface area contributed by atoms with Crippen LogP contribution in [0.3, 0.4) is 0 Å². The molecule has 0 unspecified atom stereocenters. The zero-order valence-corrected chi connectivity index (χ0v) is 15.0. The second-order valence-electron chi connectivity index (χ2n) is 6.25. The molecule has 1 aromatic carbocycles. The van der Waals surface area contributed by atoms with Gasteiger partial charge in [0.05, 0.1) is 24.7 Å². The molecular formula is C18H17ClN2O3S. The van der Waals surface area contributed by atoms with E-state index >= 15 is 0 Å². The van der Waals surface area contributed by atoms with Crippen LogP contribution in [0.4, 0.5) is 10.7 Å². The molecule has 130 valence electrons. The Bertz CT molecular complexity index is 828. The average molecular weight is 377 g/mol. The summed E-state index contributed by atoms with van der Waals surface area (Å²) < 4.78 is 5.07. The van der Waals surface area contributed by atoms with E-state index in [9.17, 15) is 9.59 Å². The number of rotatable bonds is 4. The van der Waals surface area contributed by atoms with Crippen molar-refractivity contribution in [1.82, 2.24) is 0 Å². The molecule has 0 radical (unpaired) electrons. The molecule has 2 N–H and O–H groups in total. The van der Waals surface area contributed by atoms with E-state index in [1.807, 2.05) is 0 Å². The lowest BCUT2D eigenvalue weighted by Gasteiger charge is -2.24. The van der Waals surface area contributed by atoms with Crippen molar-refractivity contribution in [3.8, 4) is 0 Å². The van der Waals surface area contributed by atoms with Gasteiger partial charge in [-0.25, -0.2) is 0 Å². The number of aryl methyl sites for hydroxylation is 1. The van der Waals surface area contributed by atoms with Crippen LogP contribution < -0.4 is 10.6 Å². The van der Waals surface area contributed by atoms with Gasteiger partial charge in [-0.2, -0.15) is 0 Å². The van der Waals surface area contributed by atoms with Gasteiger partial charge in [-0.3, -0.25) is 9.59 Å². The summed E-state index contributed by atoms with van der Waals surface area (Å²) in [6, 6.07) is 6.98. The molecule has 1 aliphatic carbocycles. The predicted octanol–water partition coefficient (Wildman–Crippen LogP) is 3.73. The molecule has 4 rings (SSSR count). The van der Waals surface area contributed by atoms with Gasteiger partial charge < -0.3 is 15.4 Å². The summed E-state index contributed by atoms with van der Waals surface area (Å²) in [7, 11) is 0. The van der Waals surface area contributed by atoms with Gasteiger partial charge in [-0.15, -0.1) is 11.3 Å². The van der Waals surface area contributed by atoms with Crippen LogP contribution in [0.1, 0.15) is 27.2 Å². The van der Waals surface area contributed by atoms with Gasteiger partial charge in [0.15, 0.2) is 0 Å². The van der Waals surface area contributed by atoms with Crippen molar-refractivity contribution >= 4 is 45.4 Å². The van der Waals surface area contributed by atoms with E-state index in [2.05, 4.69) is 10.6 Å². The molecule has 0 saturated carbocycles. The Balaban J connectivity index is 1.59. The van der Waals surface area contributed by atoms with E-state index in [1.54, 1.807) is 24.3 Å². The van der Waals surface area contributed by atoms with E-state index in [1.165, 1.54) is 16.2 Å². The van der Waals surface area contributed by atoms with Crippen LogP contribution in [-0.4, -0.2) is 25.0 Å². The Morgan fingerprint density at radius 2 is 1.88 bits per heavy atom. The van der Waals surface area contributed by atoms with Crippen LogP contribution in [0.2, 0.25) is 5.02 Å². The maximum atomic E-state index is 12.9. The molecule has 5 nitrogen and oxygen atoms in total. The molecule has 2 amide bonds. The summed E-state index contributed by atoms with van der Waals surface area (Å²) in [5, 5.41) is 7.10. The number of thiophene rings is 1. The van der Waals surface area contributed by atoms with Gasteiger partial charge in [-0.1, -0.05) is 11.6 Å². The van der Waals surface area contributed by atoms with E-state index in [0.717, 1.165) is 24.8 Å². The van der Waals surface area contributed by atoms with Crippen LogP contribution in [-0.2, 0) is 22.4 Å². The minimum absolute atomic E-state index is 0.0771. The van der Waals surface area contributed by atoms with Crippen molar-refractivity contribution in [2.75, 3.05) is 23.8 Å². The monoisotopic (exact) mass is 376 g/mol. The molecule has 2 aromatic rings. The summed E-state index contributed by atoms with van der Waals surface area (Å²) in [6.45, 7) is 0.895. The van der Waals surface area contributed by atoms with Gasteiger partial charge in [-0.05, 0) is 49.1 Å². The summed E-state index contributed by atoms with van der Waals surface area (Å²) in [4.78, 5) is 26.3. The topological polar surface area (TPSA) is 67.4 Å². The Morgan fingerprint density at radius 3 is 2.56 bits per heavy atom. The Hall–Kier alpha value is -1.89. The Labute approximate surface area is 154 Å². The number of carbonyl (C=O) groups excluding carboxylic acids is 2. The summed E-state index contributed by atoms with van der Waals surface area (Å²) >= 11 is 7.40. The van der Waals surface area contributed by atoms with Gasteiger partial charge in [0, 0.05) is 15.6 Å². The van der Waals surface area contributed by atoms with Crippen molar-refractivity contribution in [3.05, 3.63) is 45.3 Å². The zero-order chi connectivity index (χ0) is 17.4. The van der Waals surface area contributed by atoms with Crippen molar-refractivity contribution in [2.24, 2.45) is 5.92 Å². The van der Waals surface area contributed by atoms with Crippen LogP contribution in [0, 0.1) is 5.92 Å². The Morgan fingerprint density at radius 1 is 1.12 bits per heavy atom. The molecule has 1 aliphatic heterocycles. The lowest BCUT2D eigenvalue weighted by atomic mass is 10.1. The molecular weight excluding hydrogens is 360 g/mol. The molecule has 7 heteroatoms. The third-order valence-electron chi connectivity index (χ3n) is 4.50. The molecule has 1 fully saturated rings. The summed E-state index contributed by atoms with van der Waals surface area (Å²) in [6.07, 6.45) is 2.88. The standard InChI is InChI=1S/C18H17ClN2O3S/c19-11-4-6-12(7-5-11)20-17(23)15-13-2-1-3-14(13)25-18(15)21-16(22)10-8-24-9-10/h4-7,10H,1-3,8-9H2,(H,20,23)(H,21,22). The van der Waals surface area contributed by atoms with Crippen molar-refractivity contribution in [2.45, 2.75) is 19.3 Å². The first kappa shape index (κ1) is 16.6. The fourth-order valence-corrected chi connectivity index (χ4v) is 4.48. The predicted molar refractivity (Wildman–Crippen MR) is 98.7 cm³/mol. The Kier molecular flexibility index (Phi) is 4.50. The van der Waals surface area contributed by atoms with Crippen LogP contribution in [0.5, 0.6) is 0 Å². The molecule has 25 heavy (non-hydrogen) atoms. The van der Waals surface area contributed by atoms with E-state index < -0.39 is 0 Å². The van der Waals surface area contributed by atoms with Gasteiger partial charge >= 0.3 is 0 Å². The fourth-order valence-electron chi connectivity index (χ4n) is 3.06. The number of fused-ring (bicyclic) bond motifs is 1. The van der Waals surface area contributed by atoms with Crippen LogP contribution in [0.25, 0.3) is 0 Å². The van der Waals surface area contributed by atoms with Gasteiger partial charge in [0.25, 0.3) is 5.91 Å². The number of hydrogen-bond donors (Lipinski definition) is 2. The zero-order valence-electron chi connectivity index (χ0n) is 13.4. The van der Waals surface area contributed by atoms with Crippen LogP contribution in [0.15, 0.2) is 24.3 Å². The molecule has 0 spiro atoms. The minimum atomic E-state index is -0.193. The van der Waals surface area contributed by atoms with Crippen molar-refractivity contribution < 1.29 is 14.3 Å². The third-order valence-corrected chi connectivity index (χ3v) is 5.96. The summed E-state index contributed by atoms with van der Waals surface area (Å²) in [5.41, 5.74) is 2.34. The highest BCUT2D eigenvalue weighted by molar-refractivity contribution is 7.17. The highest BCUT2D eigenvalue weighted by atomic mass is 35.5. The number of anilines is 2. The van der Waals surface area contributed by atoms with Gasteiger partial charge in [0.1, 0.15) is 5.00 Å². The number of halogens is 1. The van der Waals surface area contributed by atoms with Crippen molar-refractivity contribution in [3.63, 3.8) is 0 Å². The highest BCUT2D eigenvalue weighted by Crippen LogP contribution is 2.39. The van der Waals surface area contributed by atoms with Gasteiger partial charge in [0.2, 0.25) is 5.91 Å². The fraction of sp³-hybridized carbons (Fsp3) is 0.333. The van der Waals surface area contributed by atoms with E-state index in [4.69, 9.17) is 16.3 Å². The first-order valence-electron chi connectivity index (χ1n) is 8.22. The van der Waals surface area contributed by atoms with Crippen LogP contribution >= 0.6 is 22.9 Å².